The summed E-state index contributed by atoms with van der Waals surface area (Å²) in [5.41, 5.74) is 0.625. The highest BCUT2D eigenvalue weighted by molar-refractivity contribution is 5.89. The van der Waals surface area contributed by atoms with Crippen molar-refractivity contribution in [3.05, 3.63) is 29.8 Å². The number of nitrogens with one attached hydrogen (secondary N) is 1. The highest BCUT2D eigenvalue weighted by atomic mass is 16.5. The second-order valence-corrected chi connectivity index (χ2v) is 5.13. The molecule has 0 aliphatic heterocycles. The number of aromatic hydroxyl groups is 1. The fraction of sp³-hybridized carbons (Fsp3) is 0.389. The Kier molecular flexibility index (Phi) is 9.30. The standard InChI is InChI=1S/C18H23NO7/c1-3-25-17(22)5-4-10-19-16(21)12-26-18(23)9-7-13-6-8-14(20)15(11-13)24-2/h6-9,11,20H,3-5,10,12H2,1-2H3,(H,19,21)/b9-7+. The zero-order valence-corrected chi connectivity index (χ0v) is 14.8. The van der Waals surface area contributed by atoms with Gasteiger partial charge in [0.25, 0.3) is 5.91 Å². The molecule has 0 heterocycles. The van der Waals surface area contributed by atoms with Crippen molar-refractivity contribution in [1.82, 2.24) is 5.32 Å². The number of rotatable bonds is 10. The van der Waals surface area contributed by atoms with Crippen LogP contribution in [-0.4, -0.2) is 49.8 Å². The molecule has 26 heavy (non-hydrogen) atoms. The lowest BCUT2D eigenvalue weighted by atomic mass is 10.2. The van der Waals surface area contributed by atoms with Crippen molar-refractivity contribution in [2.45, 2.75) is 19.8 Å². The molecule has 8 heteroatoms. The topological polar surface area (TPSA) is 111 Å². The molecule has 0 spiro atoms. The summed E-state index contributed by atoms with van der Waals surface area (Å²) >= 11 is 0. The Balaban J connectivity index is 2.29. The van der Waals surface area contributed by atoms with Gasteiger partial charge in [0.2, 0.25) is 0 Å². The number of phenols is 1. The first-order valence-corrected chi connectivity index (χ1v) is 8.10. The first kappa shape index (κ1) is 21.0. The van der Waals surface area contributed by atoms with Crippen molar-refractivity contribution in [2.24, 2.45) is 0 Å². The van der Waals surface area contributed by atoms with Gasteiger partial charge < -0.3 is 24.6 Å². The third-order valence-electron chi connectivity index (χ3n) is 3.15. The summed E-state index contributed by atoms with van der Waals surface area (Å²) in [6.45, 7) is 1.92. The Morgan fingerprint density at radius 1 is 1.23 bits per heavy atom. The molecule has 0 saturated carbocycles. The lowest BCUT2D eigenvalue weighted by Gasteiger charge is -2.05. The number of benzene rings is 1. The van der Waals surface area contributed by atoms with Crippen molar-refractivity contribution in [3.63, 3.8) is 0 Å². The third kappa shape index (κ3) is 8.18. The summed E-state index contributed by atoms with van der Waals surface area (Å²) in [7, 11) is 1.42. The van der Waals surface area contributed by atoms with Gasteiger partial charge in [0.05, 0.1) is 13.7 Å². The number of methoxy groups -OCH3 is 1. The highest BCUT2D eigenvalue weighted by Gasteiger charge is 2.06. The van der Waals surface area contributed by atoms with Gasteiger partial charge in [0.1, 0.15) is 0 Å². The minimum absolute atomic E-state index is 0.00754. The van der Waals surface area contributed by atoms with Crippen LogP contribution in [0.2, 0.25) is 0 Å². The summed E-state index contributed by atoms with van der Waals surface area (Å²) in [6.07, 6.45) is 3.30. The van der Waals surface area contributed by atoms with Gasteiger partial charge in [-0.3, -0.25) is 9.59 Å². The molecule has 0 radical (unpaired) electrons. The van der Waals surface area contributed by atoms with E-state index in [0.29, 0.717) is 25.1 Å². The second-order valence-electron chi connectivity index (χ2n) is 5.13. The molecule has 0 aromatic heterocycles. The predicted molar refractivity (Wildman–Crippen MR) is 93.5 cm³/mol. The van der Waals surface area contributed by atoms with E-state index in [4.69, 9.17) is 14.2 Å². The molecular weight excluding hydrogens is 342 g/mol. The van der Waals surface area contributed by atoms with E-state index in [1.54, 1.807) is 19.1 Å². The molecule has 1 rings (SSSR count). The number of carbonyl (C=O) groups is 3. The van der Waals surface area contributed by atoms with Crippen LogP contribution < -0.4 is 10.1 Å². The highest BCUT2D eigenvalue weighted by Crippen LogP contribution is 2.26. The molecule has 0 unspecified atom stereocenters. The number of amides is 1. The van der Waals surface area contributed by atoms with Crippen LogP contribution in [0.1, 0.15) is 25.3 Å². The largest absolute Gasteiger partial charge is 0.504 e. The Labute approximate surface area is 151 Å². The average molecular weight is 365 g/mol. The van der Waals surface area contributed by atoms with Crippen LogP contribution in [0.5, 0.6) is 11.5 Å². The van der Waals surface area contributed by atoms with E-state index in [2.05, 4.69) is 5.32 Å². The number of esters is 2. The van der Waals surface area contributed by atoms with E-state index in [1.807, 2.05) is 0 Å². The van der Waals surface area contributed by atoms with Crippen LogP contribution >= 0.6 is 0 Å². The van der Waals surface area contributed by atoms with Crippen LogP contribution in [0.15, 0.2) is 24.3 Å². The van der Waals surface area contributed by atoms with Crippen LogP contribution in [-0.2, 0) is 23.9 Å². The maximum Gasteiger partial charge on any atom is 0.331 e. The Hall–Kier alpha value is -3.03. The molecule has 1 amide bonds. The number of phenolic OH excluding ortho intramolecular Hbond substituents is 1. The summed E-state index contributed by atoms with van der Waals surface area (Å²) in [5.74, 6) is -1.18. The quantitative estimate of drug-likeness (QED) is 0.366. The van der Waals surface area contributed by atoms with Crippen molar-refractivity contribution in [1.29, 1.82) is 0 Å². The van der Waals surface area contributed by atoms with Gasteiger partial charge in [-0.2, -0.15) is 0 Å². The molecule has 1 aromatic carbocycles. The summed E-state index contributed by atoms with van der Waals surface area (Å²) in [6, 6.07) is 4.58. The zero-order valence-electron chi connectivity index (χ0n) is 14.8. The predicted octanol–water partition coefficient (Wildman–Crippen LogP) is 1.42. The Bertz CT molecular complexity index is 655. The molecule has 0 fully saturated rings. The first-order valence-electron chi connectivity index (χ1n) is 8.10. The van der Waals surface area contributed by atoms with Crippen LogP contribution in [0, 0.1) is 0 Å². The number of hydrogen-bond acceptors (Lipinski definition) is 7. The van der Waals surface area contributed by atoms with Gasteiger partial charge in [-0.15, -0.1) is 0 Å². The minimum Gasteiger partial charge on any atom is -0.504 e. The summed E-state index contributed by atoms with van der Waals surface area (Å²) in [5, 5.41) is 12.0. The van der Waals surface area contributed by atoms with E-state index in [1.165, 1.54) is 25.3 Å². The van der Waals surface area contributed by atoms with E-state index in [9.17, 15) is 19.5 Å². The van der Waals surface area contributed by atoms with E-state index < -0.39 is 18.5 Å². The second kappa shape index (κ2) is 11.5. The van der Waals surface area contributed by atoms with E-state index >= 15 is 0 Å². The minimum atomic E-state index is -0.682. The van der Waals surface area contributed by atoms with Crippen LogP contribution in [0.3, 0.4) is 0 Å². The van der Waals surface area contributed by atoms with Gasteiger partial charge in [0, 0.05) is 19.0 Å². The molecule has 1 aromatic rings. The van der Waals surface area contributed by atoms with Crippen LogP contribution in [0.25, 0.3) is 6.08 Å². The fourth-order valence-electron chi connectivity index (χ4n) is 1.89. The van der Waals surface area contributed by atoms with Gasteiger partial charge in [0.15, 0.2) is 18.1 Å². The maximum absolute atomic E-state index is 11.6. The van der Waals surface area contributed by atoms with Gasteiger partial charge >= 0.3 is 11.9 Å². The van der Waals surface area contributed by atoms with Gasteiger partial charge in [-0.05, 0) is 37.1 Å². The zero-order chi connectivity index (χ0) is 19.4. The molecule has 2 N–H and O–H groups in total. The van der Waals surface area contributed by atoms with Crippen LogP contribution in [0.4, 0.5) is 0 Å². The molecule has 0 bridgehead atoms. The molecule has 0 aliphatic rings. The summed E-state index contributed by atoms with van der Waals surface area (Å²) < 4.78 is 14.5. The van der Waals surface area contributed by atoms with Crippen molar-refractivity contribution >= 4 is 23.9 Å². The number of ether oxygens (including phenoxy) is 3. The van der Waals surface area contributed by atoms with Crippen molar-refractivity contribution in [3.8, 4) is 11.5 Å². The number of hydrogen-bond donors (Lipinski definition) is 2. The monoisotopic (exact) mass is 365 g/mol. The number of carbonyl (C=O) groups excluding carboxylic acids is 3. The van der Waals surface area contributed by atoms with E-state index in [-0.39, 0.29) is 23.9 Å². The van der Waals surface area contributed by atoms with Gasteiger partial charge in [-0.1, -0.05) is 6.07 Å². The fourth-order valence-corrected chi connectivity index (χ4v) is 1.89. The lowest BCUT2D eigenvalue weighted by molar-refractivity contribution is -0.143. The van der Waals surface area contributed by atoms with Crippen molar-refractivity contribution < 1.29 is 33.7 Å². The van der Waals surface area contributed by atoms with Gasteiger partial charge in [-0.25, -0.2) is 4.79 Å². The average Bonchev–Trinajstić information content (AvgIpc) is 2.63. The summed E-state index contributed by atoms with van der Waals surface area (Å²) in [4.78, 5) is 34.3. The third-order valence-corrected chi connectivity index (χ3v) is 3.15. The van der Waals surface area contributed by atoms with E-state index in [0.717, 1.165) is 0 Å². The molecule has 0 aliphatic carbocycles. The Morgan fingerprint density at radius 2 is 2.00 bits per heavy atom. The molecule has 8 nitrogen and oxygen atoms in total. The molecule has 0 saturated heterocycles. The lowest BCUT2D eigenvalue weighted by Crippen LogP contribution is -2.29. The Morgan fingerprint density at radius 3 is 2.69 bits per heavy atom. The molecular formula is C18H23NO7. The molecule has 142 valence electrons. The normalized spacial score (nSPS) is 10.4. The molecule has 0 atom stereocenters. The SMILES string of the molecule is CCOC(=O)CCCNC(=O)COC(=O)/C=C/c1ccc(O)c(OC)c1. The van der Waals surface area contributed by atoms with Crippen molar-refractivity contribution in [2.75, 3.05) is 26.9 Å². The maximum atomic E-state index is 11.6. The smallest absolute Gasteiger partial charge is 0.331 e. The first-order chi connectivity index (χ1) is 12.5.